The van der Waals surface area contributed by atoms with Gasteiger partial charge in [-0.15, -0.1) is 0 Å². The van der Waals surface area contributed by atoms with Gasteiger partial charge in [0.1, 0.15) is 0 Å². The summed E-state index contributed by atoms with van der Waals surface area (Å²) >= 11 is 0. The Hall–Kier alpha value is -0.120. The standard InChI is InChI=1S/C9H23N3/c1-12(2)7-3-4-9(8-11)5-6-10/h9H,3-8,10-11H2,1-2H3. The third kappa shape index (κ3) is 6.58. The lowest BCUT2D eigenvalue weighted by Gasteiger charge is -2.15. The van der Waals surface area contributed by atoms with E-state index in [0.29, 0.717) is 5.92 Å². The van der Waals surface area contributed by atoms with Crippen LogP contribution < -0.4 is 11.5 Å². The van der Waals surface area contributed by atoms with E-state index in [9.17, 15) is 0 Å². The molecule has 12 heavy (non-hydrogen) atoms. The molecule has 3 nitrogen and oxygen atoms in total. The predicted molar refractivity (Wildman–Crippen MR) is 54.0 cm³/mol. The van der Waals surface area contributed by atoms with Gasteiger partial charge >= 0.3 is 0 Å². The summed E-state index contributed by atoms with van der Waals surface area (Å²) in [4.78, 5) is 2.20. The molecule has 0 aliphatic carbocycles. The number of hydrogen-bond acceptors (Lipinski definition) is 3. The van der Waals surface area contributed by atoms with E-state index in [0.717, 1.165) is 26.1 Å². The number of hydrogen-bond donors (Lipinski definition) is 2. The zero-order chi connectivity index (χ0) is 9.40. The van der Waals surface area contributed by atoms with Crippen LogP contribution in [0.3, 0.4) is 0 Å². The maximum absolute atomic E-state index is 5.61. The van der Waals surface area contributed by atoms with Crippen molar-refractivity contribution in [3.8, 4) is 0 Å². The molecule has 74 valence electrons. The maximum Gasteiger partial charge on any atom is -0.00247 e. The summed E-state index contributed by atoms with van der Waals surface area (Å²) in [6.45, 7) is 2.70. The van der Waals surface area contributed by atoms with Crippen molar-refractivity contribution in [2.45, 2.75) is 19.3 Å². The molecule has 0 rings (SSSR count). The molecule has 0 radical (unpaired) electrons. The fraction of sp³-hybridized carbons (Fsp3) is 1.00. The number of rotatable bonds is 7. The molecular formula is C9H23N3. The summed E-state index contributed by atoms with van der Waals surface area (Å²) in [7, 11) is 4.20. The van der Waals surface area contributed by atoms with Crippen molar-refractivity contribution in [1.29, 1.82) is 0 Å². The first-order chi connectivity index (χ1) is 5.70. The van der Waals surface area contributed by atoms with E-state index in [4.69, 9.17) is 11.5 Å². The highest BCUT2D eigenvalue weighted by Gasteiger charge is 2.04. The molecule has 0 amide bonds. The molecular weight excluding hydrogens is 150 g/mol. The Morgan fingerprint density at radius 3 is 2.25 bits per heavy atom. The quantitative estimate of drug-likeness (QED) is 0.580. The van der Waals surface area contributed by atoms with Crippen molar-refractivity contribution in [3.05, 3.63) is 0 Å². The fourth-order valence-electron chi connectivity index (χ4n) is 1.31. The molecule has 0 fully saturated rings. The first-order valence-corrected chi connectivity index (χ1v) is 4.75. The average molecular weight is 173 g/mol. The van der Waals surface area contributed by atoms with Crippen molar-refractivity contribution in [2.75, 3.05) is 33.7 Å². The molecule has 0 aromatic rings. The van der Waals surface area contributed by atoms with E-state index in [2.05, 4.69) is 19.0 Å². The molecule has 0 aliphatic rings. The summed E-state index contributed by atoms with van der Waals surface area (Å²) in [6.07, 6.45) is 3.52. The van der Waals surface area contributed by atoms with Crippen LogP contribution in [0.15, 0.2) is 0 Å². The van der Waals surface area contributed by atoms with Crippen LogP contribution in [0.5, 0.6) is 0 Å². The van der Waals surface area contributed by atoms with E-state index in [1.54, 1.807) is 0 Å². The smallest absolute Gasteiger partial charge is 0.00247 e. The lowest BCUT2D eigenvalue weighted by Crippen LogP contribution is -2.20. The third-order valence-electron chi connectivity index (χ3n) is 2.13. The van der Waals surface area contributed by atoms with Crippen LogP contribution in [-0.4, -0.2) is 38.6 Å². The van der Waals surface area contributed by atoms with E-state index in [1.807, 2.05) is 0 Å². The summed E-state index contributed by atoms with van der Waals surface area (Å²) < 4.78 is 0. The highest BCUT2D eigenvalue weighted by atomic mass is 15.0. The van der Waals surface area contributed by atoms with Crippen LogP contribution in [-0.2, 0) is 0 Å². The van der Waals surface area contributed by atoms with Crippen molar-refractivity contribution < 1.29 is 0 Å². The van der Waals surface area contributed by atoms with Crippen LogP contribution in [0.1, 0.15) is 19.3 Å². The summed E-state index contributed by atoms with van der Waals surface area (Å²) in [5, 5.41) is 0. The molecule has 3 heteroatoms. The van der Waals surface area contributed by atoms with Gasteiger partial charge in [0.05, 0.1) is 0 Å². The van der Waals surface area contributed by atoms with Gasteiger partial charge in [-0.3, -0.25) is 0 Å². The lowest BCUT2D eigenvalue weighted by molar-refractivity contribution is 0.361. The first-order valence-electron chi connectivity index (χ1n) is 4.75. The van der Waals surface area contributed by atoms with Crippen molar-refractivity contribution in [2.24, 2.45) is 17.4 Å². The van der Waals surface area contributed by atoms with Gasteiger partial charge in [0, 0.05) is 0 Å². The van der Waals surface area contributed by atoms with Gasteiger partial charge in [-0.05, 0) is 58.9 Å². The van der Waals surface area contributed by atoms with Gasteiger partial charge in [-0.1, -0.05) is 0 Å². The maximum atomic E-state index is 5.61. The molecule has 0 aromatic carbocycles. The molecule has 0 spiro atoms. The van der Waals surface area contributed by atoms with Crippen LogP contribution in [0, 0.1) is 5.92 Å². The second kappa shape index (κ2) is 7.53. The summed E-state index contributed by atoms with van der Waals surface area (Å²) in [6, 6.07) is 0. The SMILES string of the molecule is CN(C)CCCC(CN)CCN. The lowest BCUT2D eigenvalue weighted by atomic mass is 10.00. The third-order valence-corrected chi connectivity index (χ3v) is 2.13. The fourth-order valence-corrected chi connectivity index (χ4v) is 1.31. The molecule has 0 aliphatic heterocycles. The molecule has 0 heterocycles. The Labute approximate surface area is 76.1 Å². The minimum absolute atomic E-state index is 0.634. The minimum atomic E-state index is 0.634. The largest absolute Gasteiger partial charge is 0.330 e. The van der Waals surface area contributed by atoms with Gasteiger partial charge in [-0.2, -0.15) is 0 Å². The summed E-state index contributed by atoms with van der Waals surface area (Å²) in [5.74, 6) is 0.634. The Kier molecular flexibility index (Phi) is 7.45. The zero-order valence-corrected chi connectivity index (χ0v) is 8.42. The second-order valence-electron chi connectivity index (χ2n) is 3.62. The van der Waals surface area contributed by atoms with Crippen LogP contribution in [0.4, 0.5) is 0 Å². The van der Waals surface area contributed by atoms with Crippen LogP contribution in [0.2, 0.25) is 0 Å². The molecule has 4 N–H and O–H groups in total. The summed E-state index contributed by atoms with van der Waals surface area (Å²) in [5.41, 5.74) is 11.1. The molecule has 0 bridgehead atoms. The van der Waals surface area contributed by atoms with Gasteiger partial charge in [0.25, 0.3) is 0 Å². The van der Waals surface area contributed by atoms with Crippen LogP contribution in [0.25, 0.3) is 0 Å². The van der Waals surface area contributed by atoms with Gasteiger partial charge in [-0.25, -0.2) is 0 Å². The highest BCUT2D eigenvalue weighted by Crippen LogP contribution is 2.08. The normalized spacial score (nSPS) is 13.8. The average Bonchev–Trinajstić information content (AvgIpc) is 2.02. The molecule has 0 saturated heterocycles. The zero-order valence-electron chi connectivity index (χ0n) is 8.42. The van der Waals surface area contributed by atoms with Gasteiger partial charge < -0.3 is 16.4 Å². The Bertz CT molecular complexity index is 93.8. The number of nitrogens with zero attached hydrogens (tertiary/aromatic N) is 1. The van der Waals surface area contributed by atoms with E-state index < -0.39 is 0 Å². The monoisotopic (exact) mass is 173 g/mol. The second-order valence-corrected chi connectivity index (χ2v) is 3.62. The molecule has 0 saturated carbocycles. The first kappa shape index (κ1) is 11.9. The molecule has 1 atom stereocenters. The van der Waals surface area contributed by atoms with Gasteiger partial charge in [0.2, 0.25) is 0 Å². The van der Waals surface area contributed by atoms with E-state index in [-0.39, 0.29) is 0 Å². The topological polar surface area (TPSA) is 55.3 Å². The number of nitrogens with two attached hydrogens (primary N) is 2. The Balaban J connectivity index is 3.31. The Morgan fingerprint density at radius 2 is 1.83 bits per heavy atom. The molecule has 0 aromatic heterocycles. The van der Waals surface area contributed by atoms with Crippen LogP contribution >= 0.6 is 0 Å². The van der Waals surface area contributed by atoms with Crippen molar-refractivity contribution >= 4 is 0 Å². The predicted octanol–water partition coefficient (Wildman–Crippen LogP) is 0.252. The molecule has 1 unspecified atom stereocenters. The minimum Gasteiger partial charge on any atom is -0.330 e. The Morgan fingerprint density at radius 1 is 1.17 bits per heavy atom. The van der Waals surface area contributed by atoms with E-state index in [1.165, 1.54) is 12.8 Å². The van der Waals surface area contributed by atoms with Crippen molar-refractivity contribution in [3.63, 3.8) is 0 Å². The highest BCUT2D eigenvalue weighted by molar-refractivity contribution is 4.61. The van der Waals surface area contributed by atoms with E-state index >= 15 is 0 Å². The van der Waals surface area contributed by atoms with Crippen molar-refractivity contribution in [1.82, 2.24) is 4.90 Å². The van der Waals surface area contributed by atoms with Gasteiger partial charge in [0.15, 0.2) is 0 Å².